The highest BCUT2D eigenvalue weighted by Crippen LogP contribution is 2.74. The Morgan fingerprint density at radius 3 is 2.62 bits per heavy atom. The largest absolute Gasteiger partial charge is 0.504 e. The molecule has 304 valence electrons. The van der Waals surface area contributed by atoms with E-state index < -0.39 is 52.6 Å². The number of ether oxygens (including phenoxy) is 6. The van der Waals surface area contributed by atoms with Crippen molar-refractivity contribution in [2.45, 2.75) is 86.9 Å². The summed E-state index contributed by atoms with van der Waals surface area (Å²) in [7, 11) is 3.18. The van der Waals surface area contributed by atoms with E-state index in [1.807, 2.05) is 36.9 Å². The molecule has 15 nitrogen and oxygen atoms in total. The molecule has 1 aromatic heterocycles. The van der Waals surface area contributed by atoms with Crippen LogP contribution in [0.5, 0.6) is 34.5 Å². The Kier molecular flexibility index (Phi) is 7.64. The molecule has 0 radical (unpaired) electrons. The van der Waals surface area contributed by atoms with E-state index in [0.29, 0.717) is 57.6 Å². The number of nitrogens with zero attached hydrogens (tertiary/aromatic N) is 2. The standard InChI is InChI=1S/C42H45N5O10S/c1-16-9-23-26(31(49)32(16)53-6)29-30-36-28-27(35-34(55-15-56-35)17(2)33(28)57-18(3)48)25(46(30)39(50)38-41(23,4)47(29)38)13-54-40(51)42(14-58-36)37-22(10-19(12-43)45-42)21-11-20(52-5)7-8-24(21)44-37/h7-9,11,19,25,29-30,36,38-39,44-45,49-50H,10,12-15,43H2,1-6H3/t19-,25+,29-,30-,36-,38-,39+,41?,42-,47?/m1/s1. The molecule has 4 aromatic rings. The average molecular weight is 812 g/mol. The summed E-state index contributed by atoms with van der Waals surface area (Å²) in [5.41, 5.74) is 11.3. The van der Waals surface area contributed by atoms with Gasteiger partial charge in [0, 0.05) is 64.5 Å². The van der Waals surface area contributed by atoms with Crippen LogP contribution in [0.4, 0.5) is 0 Å². The highest BCUT2D eigenvalue weighted by molar-refractivity contribution is 7.99. The third kappa shape index (κ3) is 4.37. The zero-order chi connectivity index (χ0) is 40.3. The van der Waals surface area contributed by atoms with Gasteiger partial charge in [-0.05, 0) is 68.1 Å². The molecule has 6 N–H and O–H groups in total. The van der Waals surface area contributed by atoms with Gasteiger partial charge in [0.2, 0.25) is 6.79 Å². The number of methoxy groups -OCH3 is 2. The van der Waals surface area contributed by atoms with Gasteiger partial charge in [0.15, 0.2) is 28.5 Å². The highest BCUT2D eigenvalue weighted by Gasteiger charge is 2.78. The van der Waals surface area contributed by atoms with Crippen molar-refractivity contribution >= 4 is 34.6 Å². The molecule has 3 saturated heterocycles. The summed E-state index contributed by atoms with van der Waals surface area (Å²) >= 11 is 1.51. The number of aliphatic hydroxyl groups is 1. The number of nitrogens with two attached hydrogens (primary N) is 1. The Balaban J connectivity index is 1.17. The number of phenols is 1. The first-order valence-corrected chi connectivity index (χ1v) is 20.7. The number of aliphatic hydroxyl groups excluding tert-OH is 1. The molecule has 2 unspecified atom stereocenters. The number of aromatic hydroxyl groups is 1. The number of rotatable bonds is 4. The van der Waals surface area contributed by atoms with Crippen molar-refractivity contribution in [3.8, 4) is 34.5 Å². The van der Waals surface area contributed by atoms with Crippen LogP contribution in [0.15, 0.2) is 24.3 Å². The fraction of sp³-hybridized carbons (Fsp3) is 0.476. The Morgan fingerprint density at radius 2 is 1.88 bits per heavy atom. The minimum absolute atomic E-state index is 0.0542. The molecule has 0 amide bonds. The Labute approximate surface area is 338 Å². The average Bonchev–Trinajstić information content (AvgIpc) is 3.53. The van der Waals surface area contributed by atoms with E-state index in [2.05, 4.69) is 28.2 Å². The second-order valence-electron chi connectivity index (χ2n) is 16.7. The molecular formula is C42H45N5O10S. The lowest BCUT2D eigenvalue weighted by molar-refractivity contribution is -0.162. The van der Waals surface area contributed by atoms with Crippen LogP contribution in [0.2, 0.25) is 0 Å². The molecule has 16 heteroatoms. The van der Waals surface area contributed by atoms with Crippen molar-refractivity contribution in [3.63, 3.8) is 0 Å². The van der Waals surface area contributed by atoms with E-state index in [1.54, 1.807) is 14.2 Å². The van der Waals surface area contributed by atoms with E-state index in [9.17, 15) is 15.0 Å². The number of phenolic OH excluding ortho intramolecular Hbond substituents is 1. The Morgan fingerprint density at radius 1 is 1.09 bits per heavy atom. The number of aryl methyl sites for hydroxylation is 1. The number of aromatic nitrogens is 1. The van der Waals surface area contributed by atoms with Gasteiger partial charge in [-0.25, -0.2) is 4.79 Å². The van der Waals surface area contributed by atoms with Gasteiger partial charge in [-0.3, -0.25) is 19.9 Å². The normalized spacial score (nSPS) is 33.5. The van der Waals surface area contributed by atoms with Crippen molar-refractivity contribution < 1.29 is 48.2 Å². The summed E-state index contributed by atoms with van der Waals surface area (Å²) in [6.07, 6.45) is -0.442. The number of hydrogen-bond acceptors (Lipinski definition) is 15. The first-order chi connectivity index (χ1) is 27.9. The number of benzene rings is 3. The van der Waals surface area contributed by atoms with Crippen molar-refractivity contribution in [3.05, 3.63) is 68.9 Å². The van der Waals surface area contributed by atoms with E-state index in [4.69, 9.17) is 34.2 Å². The second-order valence-corrected chi connectivity index (χ2v) is 17.8. The molecule has 12 rings (SSSR count). The third-order valence-corrected chi connectivity index (χ3v) is 15.4. The van der Waals surface area contributed by atoms with Gasteiger partial charge in [-0.1, -0.05) is 0 Å². The van der Waals surface area contributed by atoms with Gasteiger partial charge >= 0.3 is 11.9 Å². The van der Waals surface area contributed by atoms with Crippen molar-refractivity contribution in [2.75, 3.05) is 39.9 Å². The summed E-state index contributed by atoms with van der Waals surface area (Å²) in [6.45, 7) is 7.26. The fourth-order valence-electron chi connectivity index (χ4n) is 11.6. The molecule has 8 aliphatic rings. The number of esters is 2. The van der Waals surface area contributed by atoms with Crippen LogP contribution in [-0.2, 0) is 31.8 Å². The summed E-state index contributed by atoms with van der Waals surface area (Å²) in [6, 6.07) is 5.52. The number of H-pyrrole nitrogens is 1. The predicted molar refractivity (Wildman–Crippen MR) is 210 cm³/mol. The van der Waals surface area contributed by atoms with Crippen molar-refractivity contribution in [1.82, 2.24) is 20.1 Å². The van der Waals surface area contributed by atoms with Gasteiger partial charge in [-0.2, -0.15) is 0 Å². The molecule has 8 aliphatic heterocycles. The molecule has 10 atom stereocenters. The maximum Gasteiger partial charge on any atom is 0.333 e. The number of hydrogen-bond donors (Lipinski definition) is 5. The molecule has 9 heterocycles. The first-order valence-electron chi connectivity index (χ1n) is 19.6. The Hall–Kier alpha value is -4.71. The lowest BCUT2D eigenvalue weighted by Crippen LogP contribution is -2.64. The molecule has 58 heavy (non-hydrogen) atoms. The Bertz CT molecular complexity index is 2510. The fourth-order valence-corrected chi connectivity index (χ4v) is 13.2. The second kappa shape index (κ2) is 12.2. The number of piperazine rings is 1. The number of fused-ring (bicyclic) bond motifs is 11. The zero-order valence-corrected chi connectivity index (χ0v) is 33.7. The highest BCUT2D eigenvalue weighted by atomic mass is 32.2. The molecule has 2 bridgehead atoms. The smallest absolute Gasteiger partial charge is 0.333 e. The monoisotopic (exact) mass is 811 g/mol. The lowest BCUT2D eigenvalue weighted by Gasteiger charge is -2.55. The SMILES string of the molecule is COc1ccc2[nH]c3c(c2c1)C[C@H](CN)N[C@]31CS[C@@H]2c3c(OC(C)=O)c(C)c4c(c3[C@H](COC1=O)N1[C@@H]2[C@H]2c3c(cc(C)c(OC)c3O)C3(C)[C@@H]([C@@H]1O)N23)OCO4. The molecule has 3 aromatic carbocycles. The summed E-state index contributed by atoms with van der Waals surface area (Å²) < 4.78 is 36.4. The van der Waals surface area contributed by atoms with Crippen LogP contribution >= 0.6 is 11.8 Å². The molecule has 3 fully saturated rings. The molecule has 1 spiro atoms. The van der Waals surface area contributed by atoms with Crippen LogP contribution in [0.1, 0.15) is 75.8 Å². The number of carbonyl (C=O) groups is 2. The van der Waals surface area contributed by atoms with Crippen LogP contribution in [0.25, 0.3) is 10.9 Å². The summed E-state index contributed by atoms with van der Waals surface area (Å²) in [4.78, 5) is 36.0. The molecule has 0 saturated carbocycles. The van der Waals surface area contributed by atoms with E-state index in [-0.39, 0.29) is 43.5 Å². The number of nitrogens with one attached hydrogen (secondary N) is 2. The van der Waals surface area contributed by atoms with Gasteiger partial charge < -0.3 is 49.4 Å². The van der Waals surface area contributed by atoms with Crippen LogP contribution in [-0.4, -0.2) is 101 Å². The van der Waals surface area contributed by atoms with E-state index in [1.165, 1.54) is 18.7 Å². The van der Waals surface area contributed by atoms with E-state index in [0.717, 1.165) is 33.2 Å². The zero-order valence-electron chi connectivity index (χ0n) is 32.9. The first kappa shape index (κ1) is 36.4. The van der Waals surface area contributed by atoms with Crippen LogP contribution in [0, 0.1) is 13.8 Å². The molecular weight excluding hydrogens is 767 g/mol. The van der Waals surface area contributed by atoms with Crippen molar-refractivity contribution in [1.29, 1.82) is 0 Å². The lowest BCUT2D eigenvalue weighted by atomic mass is 9.76. The summed E-state index contributed by atoms with van der Waals surface area (Å²) in [5, 5.41) is 28.8. The van der Waals surface area contributed by atoms with Crippen molar-refractivity contribution in [2.24, 2.45) is 5.73 Å². The van der Waals surface area contributed by atoms with Gasteiger partial charge in [-0.15, -0.1) is 11.8 Å². The number of aromatic amines is 1. The quantitative estimate of drug-likeness (QED) is 0.114. The van der Waals surface area contributed by atoms with Crippen LogP contribution < -0.4 is 34.7 Å². The summed E-state index contributed by atoms with van der Waals surface area (Å²) in [5.74, 6) is 1.57. The topological polar surface area (TPSA) is 190 Å². The van der Waals surface area contributed by atoms with Gasteiger partial charge in [0.25, 0.3) is 0 Å². The molecule has 0 aliphatic carbocycles. The predicted octanol–water partition coefficient (Wildman–Crippen LogP) is 3.57. The maximum atomic E-state index is 15.1. The minimum atomic E-state index is -1.38. The van der Waals surface area contributed by atoms with Gasteiger partial charge in [0.1, 0.15) is 24.3 Å². The van der Waals surface area contributed by atoms with Gasteiger partial charge in [0.05, 0.1) is 48.8 Å². The maximum absolute atomic E-state index is 15.1. The number of carbonyl (C=O) groups excluding carboxylic acids is 2. The van der Waals surface area contributed by atoms with Crippen LogP contribution in [0.3, 0.4) is 0 Å². The third-order valence-electron chi connectivity index (χ3n) is 14.0. The van der Waals surface area contributed by atoms with E-state index >= 15 is 4.79 Å². The minimum Gasteiger partial charge on any atom is -0.504 e. The number of thioether (sulfide) groups is 1.